The molecule has 1 amide bonds. The Kier molecular flexibility index (Phi) is 5.56. The van der Waals surface area contributed by atoms with E-state index in [9.17, 15) is 4.79 Å². The molecule has 2 nitrogen and oxygen atoms in total. The molecule has 1 N–H and O–H groups in total. The first kappa shape index (κ1) is 14.1. The molecule has 0 radical (unpaired) electrons. The van der Waals surface area contributed by atoms with Gasteiger partial charge in [-0.3, -0.25) is 4.79 Å². The van der Waals surface area contributed by atoms with Crippen LogP contribution < -0.4 is 5.32 Å². The zero-order chi connectivity index (χ0) is 12.8. The molecule has 0 heterocycles. The summed E-state index contributed by atoms with van der Waals surface area (Å²) < 4.78 is 0. The van der Waals surface area contributed by atoms with Crippen LogP contribution in [0.1, 0.15) is 25.0 Å². The van der Waals surface area contributed by atoms with E-state index >= 15 is 0 Å². The molecule has 0 spiro atoms. The lowest BCUT2D eigenvalue weighted by Gasteiger charge is -2.08. The van der Waals surface area contributed by atoms with Crippen molar-refractivity contribution in [2.24, 2.45) is 5.92 Å². The molecule has 17 heavy (non-hydrogen) atoms. The van der Waals surface area contributed by atoms with E-state index in [2.05, 4.69) is 51.2 Å². The highest BCUT2D eigenvalue weighted by Crippen LogP contribution is 2.20. The van der Waals surface area contributed by atoms with Gasteiger partial charge in [0.1, 0.15) is 0 Å². The Balaban J connectivity index is 2.39. The topological polar surface area (TPSA) is 29.1 Å². The van der Waals surface area contributed by atoms with Gasteiger partial charge in [-0.1, -0.05) is 19.9 Å². The second-order valence-corrected chi connectivity index (χ2v) is 5.78. The molecule has 0 saturated carbocycles. The molecule has 0 fully saturated rings. The van der Waals surface area contributed by atoms with Gasteiger partial charge < -0.3 is 5.32 Å². The highest BCUT2D eigenvalue weighted by molar-refractivity contribution is 8.00. The summed E-state index contributed by atoms with van der Waals surface area (Å²) in [5.41, 5.74) is 2.57. The minimum Gasteiger partial charge on any atom is -0.355 e. The number of benzene rings is 1. The fourth-order valence-corrected chi connectivity index (χ4v) is 2.15. The zero-order valence-corrected chi connectivity index (χ0v) is 11.9. The summed E-state index contributed by atoms with van der Waals surface area (Å²) >= 11 is 1.59. The number of hydrogen-bond acceptors (Lipinski definition) is 2. The Hall–Kier alpha value is -0.960. The number of hydrogen-bond donors (Lipinski definition) is 1. The zero-order valence-electron chi connectivity index (χ0n) is 11.0. The van der Waals surface area contributed by atoms with Crippen LogP contribution in [0, 0.1) is 19.8 Å². The van der Waals surface area contributed by atoms with E-state index in [1.165, 1.54) is 11.1 Å². The number of amides is 1. The highest BCUT2D eigenvalue weighted by atomic mass is 32.2. The van der Waals surface area contributed by atoms with Gasteiger partial charge in [0, 0.05) is 11.4 Å². The van der Waals surface area contributed by atoms with E-state index in [4.69, 9.17) is 0 Å². The Morgan fingerprint density at radius 1 is 1.29 bits per heavy atom. The monoisotopic (exact) mass is 251 g/mol. The quantitative estimate of drug-likeness (QED) is 0.814. The third kappa shape index (κ3) is 5.26. The van der Waals surface area contributed by atoms with Crippen LogP contribution in [-0.4, -0.2) is 18.2 Å². The van der Waals surface area contributed by atoms with Crippen molar-refractivity contribution in [3.63, 3.8) is 0 Å². The van der Waals surface area contributed by atoms with Gasteiger partial charge in [0.2, 0.25) is 5.91 Å². The van der Waals surface area contributed by atoms with Crippen LogP contribution in [0.5, 0.6) is 0 Å². The first-order chi connectivity index (χ1) is 7.99. The number of thioether (sulfide) groups is 1. The summed E-state index contributed by atoms with van der Waals surface area (Å²) in [4.78, 5) is 12.7. The fourth-order valence-electron chi connectivity index (χ4n) is 1.32. The summed E-state index contributed by atoms with van der Waals surface area (Å²) in [6, 6.07) is 6.31. The number of carbonyl (C=O) groups excluding carboxylic acids is 1. The molecule has 0 bridgehead atoms. The molecule has 0 atom stereocenters. The van der Waals surface area contributed by atoms with E-state index in [1.807, 2.05) is 0 Å². The Morgan fingerprint density at radius 2 is 2.00 bits per heavy atom. The van der Waals surface area contributed by atoms with Crippen molar-refractivity contribution in [3.8, 4) is 0 Å². The predicted octanol–water partition coefficient (Wildman–Crippen LogP) is 3.17. The number of rotatable bonds is 5. The second kappa shape index (κ2) is 6.70. The molecule has 1 rings (SSSR count). The Labute approximate surface area is 108 Å². The fraction of sp³-hybridized carbons (Fsp3) is 0.500. The highest BCUT2D eigenvalue weighted by Gasteiger charge is 2.04. The molecule has 1 aromatic carbocycles. The van der Waals surface area contributed by atoms with Gasteiger partial charge in [-0.15, -0.1) is 11.8 Å². The van der Waals surface area contributed by atoms with Gasteiger partial charge in [0.05, 0.1) is 5.75 Å². The number of aryl methyl sites for hydroxylation is 2. The largest absolute Gasteiger partial charge is 0.355 e. The average Bonchev–Trinajstić information content (AvgIpc) is 2.28. The molecule has 3 heteroatoms. The molecule has 0 saturated heterocycles. The summed E-state index contributed by atoms with van der Waals surface area (Å²) in [5.74, 6) is 1.11. The summed E-state index contributed by atoms with van der Waals surface area (Å²) in [7, 11) is 0. The Bertz CT molecular complexity index is 388. The van der Waals surface area contributed by atoms with Gasteiger partial charge in [-0.2, -0.15) is 0 Å². The third-order valence-electron chi connectivity index (χ3n) is 2.56. The van der Waals surface area contributed by atoms with E-state index in [-0.39, 0.29) is 5.91 Å². The summed E-state index contributed by atoms with van der Waals surface area (Å²) in [5, 5.41) is 2.92. The lowest BCUT2D eigenvalue weighted by atomic mass is 10.1. The molecule has 0 aliphatic rings. The SMILES string of the molecule is Cc1ccc(SCC(=O)NCC(C)C)cc1C. The maximum atomic E-state index is 11.5. The number of carbonyl (C=O) groups is 1. The second-order valence-electron chi connectivity index (χ2n) is 4.73. The lowest BCUT2D eigenvalue weighted by molar-refractivity contribution is -0.118. The smallest absolute Gasteiger partial charge is 0.230 e. The standard InChI is InChI=1S/C14H21NOS/c1-10(2)8-15-14(16)9-17-13-6-5-11(3)12(4)7-13/h5-7,10H,8-9H2,1-4H3,(H,15,16). The van der Waals surface area contributed by atoms with Gasteiger partial charge in [-0.25, -0.2) is 0 Å². The van der Waals surface area contributed by atoms with Crippen molar-refractivity contribution in [2.45, 2.75) is 32.6 Å². The first-order valence-corrected chi connectivity index (χ1v) is 6.94. The molecular formula is C14H21NOS. The van der Waals surface area contributed by atoms with Crippen molar-refractivity contribution in [3.05, 3.63) is 29.3 Å². The maximum absolute atomic E-state index is 11.5. The van der Waals surface area contributed by atoms with E-state index in [1.54, 1.807) is 11.8 Å². The van der Waals surface area contributed by atoms with Crippen molar-refractivity contribution in [1.82, 2.24) is 5.32 Å². The van der Waals surface area contributed by atoms with Crippen LogP contribution in [0.25, 0.3) is 0 Å². The van der Waals surface area contributed by atoms with Crippen LogP contribution in [0.2, 0.25) is 0 Å². The molecule has 94 valence electrons. The summed E-state index contributed by atoms with van der Waals surface area (Å²) in [6.07, 6.45) is 0. The van der Waals surface area contributed by atoms with E-state index in [0.717, 1.165) is 11.4 Å². The van der Waals surface area contributed by atoms with Crippen molar-refractivity contribution >= 4 is 17.7 Å². The molecule has 1 aromatic rings. The first-order valence-electron chi connectivity index (χ1n) is 5.96. The van der Waals surface area contributed by atoms with Crippen LogP contribution in [0.4, 0.5) is 0 Å². The molecular weight excluding hydrogens is 230 g/mol. The predicted molar refractivity (Wildman–Crippen MR) is 74.5 cm³/mol. The minimum atomic E-state index is 0.113. The van der Waals surface area contributed by atoms with Crippen molar-refractivity contribution in [1.29, 1.82) is 0 Å². The van der Waals surface area contributed by atoms with Crippen LogP contribution in [0.15, 0.2) is 23.1 Å². The molecule has 0 aromatic heterocycles. The minimum absolute atomic E-state index is 0.113. The molecule has 0 aliphatic carbocycles. The normalized spacial score (nSPS) is 10.6. The Morgan fingerprint density at radius 3 is 2.59 bits per heavy atom. The maximum Gasteiger partial charge on any atom is 0.230 e. The third-order valence-corrected chi connectivity index (χ3v) is 3.55. The number of nitrogens with one attached hydrogen (secondary N) is 1. The van der Waals surface area contributed by atoms with Crippen molar-refractivity contribution < 1.29 is 4.79 Å². The molecule has 0 aliphatic heterocycles. The van der Waals surface area contributed by atoms with E-state index < -0.39 is 0 Å². The van der Waals surface area contributed by atoms with Gasteiger partial charge in [0.15, 0.2) is 0 Å². The van der Waals surface area contributed by atoms with E-state index in [0.29, 0.717) is 11.7 Å². The lowest BCUT2D eigenvalue weighted by Crippen LogP contribution is -2.28. The summed E-state index contributed by atoms with van der Waals surface area (Å²) in [6.45, 7) is 9.14. The van der Waals surface area contributed by atoms with Gasteiger partial charge >= 0.3 is 0 Å². The van der Waals surface area contributed by atoms with Gasteiger partial charge in [0.25, 0.3) is 0 Å². The van der Waals surface area contributed by atoms with Crippen molar-refractivity contribution in [2.75, 3.05) is 12.3 Å². The van der Waals surface area contributed by atoms with Gasteiger partial charge in [-0.05, 0) is 43.0 Å². The van der Waals surface area contributed by atoms with Crippen LogP contribution in [0.3, 0.4) is 0 Å². The van der Waals surface area contributed by atoms with Crippen LogP contribution >= 0.6 is 11.8 Å². The van der Waals surface area contributed by atoms with Crippen LogP contribution in [-0.2, 0) is 4.79 Å². The average molecular weight is 251 g/mol. The molecule has 0 unspecified atom stereocenters.